The first kappa shape index (κ1) is 13.1. The molecule has 0 spiro atoms. The van der Waals surface area contributed by atoms with E-state index in [1.807, 2.05) is 13.8 Å². The zero-order chi connectivity index (χ0) is 10.5. The first-order chi connectivity index (χ1) is 6.05. The van der Waals surface area contributed by atoms with Crippen molar-refractivity contribution in [3.63, 3.8) is 0 Å². The van der Waals surface area contributed by atoms with Crippen LogP contribution in [0.1, 0.15) is 33.6 Å². The molecule has 0 rings (SSSR count). The van der Waals surface area contributed by atoms with Gasteiger partial charge in [-0.05, 0) is 6.92 Å². The van der Waals surface area contributed by atoms with Gasteiger partial charge >= 0.3 is 12.5 Å². The molecule has 76 valence electrons. The van der Waals surface area contributed by atoms with Crippen molar-refractivity contribution in [2.45, 2.75) is 38.8 Å². The van der Waals surface area contributed by atoms with Crippen LogP contribution in [0.2, 0.25) is 0 Å². The van der Waals surface area contributed by atoms with Crippen LogP contribution < -0.4 is 0 Å². The van der Waals surface area contributed by atoms with Crippen LogP contribution >= 0.6 is 22.0 Å². The van der Waals surface area contributed by atoms with Crippen molar-refractivity contribution in [2.24, 2.45) is 0 Å². The zero-order valence-corrected chi connectivity index (χ0v) is 10.7. The van der Waals surface area contributed by atoms with E-state index < -0.39 is 11.7 Å². The minimum atomic E-state index is -1.71. The Balaban J connectivity index is 4.75. The fraction of sp³-hybridized carbons (Fsp3) is 0.875. The fourth-order valence-corrected chi connectivity index (χ4v) is 3.77. The molecule has 0 aliphatic heterocycles. The Kier molecular flexibility index (Phi) is 5.73. The van der Waals surface area contributed by atoms with Gasteiger partial charge in [0.2, 0.25) is 0 Å². The second-order valence-electron chi connectivity index (χ2n) is 2.70. The molecule has 0 saturated heterocycles. The van der Waals surface area contributed by atoms with Crippen molar-refractivity contribution in [1.82, 2.24) is 0 Å². The first-order valence-electron chi connectivity index (χ1n) is 4.35. The molecule has 0 amide bonds. The van der Waals surface area contributed by atoms with E-state index in [1.165, 1.54) is 0 Å². The topological polar surface area (TPSA) is 43.4 Å². The highest BCUT2D eigenvalue weighted by Crippen LogP contribution is 2.50. The summed E-state index contributed by atoms with van der Waals surface area (Å²) >= 11 is 3.00. The molecule has 0 bridgehead atoms. The van der Waals surface area contributed by atoms with E-state index in [-0.39, 0.29) is 5.97 Å². The smallest absolute Gasteiger partial charge is 0.435 e. The lowest BCUT2D eigenvalue weighted by atomic mass is 10.0. The molecule has 1 atom stereocenters. The second-order valence-corrected chi connectivity index (χ2v) is 5.98. The highest BCUT2D eigenvalue weighted by molar-refractivity contribution is 9.38. The Morgan fingerprint density at radius 3 is 2.08 bits per heavy atom. The van der Waals surface area contributed by atoms with Gasteiger partial charge in [-0.25, -0.2) is 4.79 Å². The Labute approximate surface area is 87.8 Å². The van der Waals surface area contributed by atoms with Gasteiger partial charge < -0.3 is 4.74 Å². The summed E-state index contributed by atoms with van der Waals surface area (Å²) in [6, 6.07) is 0. The SMILES string of the molecule is CCOC(=O)C(CC)(CC)[P+](=O)Br. The van der Waals surface area contributed by atoms with E-state index in [9.17, 15) is 9.36 Å². The van der Waals surface area contributed by atoms with Crippen molar-refractivity contribution in [3.05, 3.63) is 0 Å². The third-order valence-electron chi connectivity index (χ3n) is 2.16. The quantitative estimate of drug-likeness (QED) is 0.569. The van der Waals surface area contributed by atoms with E-state index >= 15 is 0 Å². The van der Waals surface area contributed by atoms with E-state index in [1.54, 1.807) is 6.92 Å². The maximum absolute atomic E-state index is 11.5. The highest BCUT2D eigenvalue weighted by atomic mass is 79.9. The maximum Gasteiger partial charge on any atom is 0.435 e. The minimum Gasteiger partial charge on any atom is -0.462 e. The minimum absolute atomic E-state index is 0.330. The van der Waals surface area contributed by atoms with Crippen LogP contribution in [-0.2, 0) is 14.1 Å². The molecule has 0 fully saturated rings. The summed E-state index contributed by atoms with van der Waals surface area (Å²) < 4.78 is 16.3. The summed E-state index contributed by atoms with van der Waals surface area (Å²) in [4.78, 5) is 11.5. The Morgan fingerprint density at radius 1 is 1.38 bits per heavy atom. The normalized spacial score (nSPS) is 12.5. The van der Waals surface area contributed by atoms with Crippen LogP contribution in [-0.4, -0.2) is 17.7 Å². The number of carbonyl (C=O) groups excluding carboxylic acids is 1. The lowest BCUT2D eigenvalue weighted by Gasteiger charge is -2.16. The van der Waals surface area contributed by atoms with Gasteiger partial charge in [0.15, 0.2) is 0 Å². The van der Waals surface area contributed by atoms with E-state index in [4.69, 9.17) is 4.74 Å². The molecular weight excluding hydrogens is 255 g/mol. The van der Waals surface area contributed by atoms with Crippen LogP contribution in [0.3, 0.4) is 0 Å². The number of esters is 1. The van der Waals surface area contributed by atoms with Gasteiger partial charge in [0.25, 0.3) is 20.6 Å². The van der Waals surface area contributed by atoms with Crippen molar-refractivity contribution in [1.29, 1.82) is 0 Å². The average molecular weight is 270 g/mol. The van der Waals surface area contributed by atoms with Crippen molar-refractivity contribution < 1.29 is 14.1 Å². The number of hydrogen-bond donors (Lipinski definition) is 0. The molecule has 5 heteroatoms. The second kappa shape index (κ2) is 5.71. The van der Waals surface area contributed by atoms with Crippen molar-refractivity contribution in [2.75, 3.05) is 6.61 Å². The summed E-state index contributed by atoms with van der Waals surface area (Å²) in [5, 5.41) is -0.842. The van der Waals surface area contributed by atoms with Gasteiger partial charge in [-0.15, -0.1) is 0 Å². The van der Waals surface area contributed by atoms with E-state index in [2.05, 4.69) is 15.5 Å². The van der Waals surface area contributed by atoms with Crippen LogP contribution in [0, 0.1) is 0 Å². The predicted molar refractivity (Wildman–Crippen MR) is 56.5 cm³/mol. The number of hydrogen-bond acceptors (Lipinski definition) is 3. The molecular formula is C8H15BrO3P+. The summed E-state index contributed by atoms with van der Waals surface area (Å²) in [5.74, 6) is -0.363. The lowest BCUT2D eigenvalue weighted by molar-refractivity contribution is -0.146. The molecule has 0 aromatic carbocycles. The third-order valence-corrected chi connectivity index (χ3v) is 5.69. The molecule has 0 aromatic rings. The summed E-state index contributed by atoms with van der Waals surface area (Å²) in [6.07, 6.45) is 1.06. The monoisotopic (exact) mass is 269 g/mol. The molecule has 0 aliphatic rings. The van der Waals surface area contributed by atoms with Crippen molar-refractivity contribution in [3.8, 4) is 0 Å². The van der Waals surface area contributed by atoms with Crippen LogP contribution in [0.15, 0.2) is 0 Å². The van der Waals surface area contributed by atoms with Gasteiger partial charge in [0, 0.05) is 12.8 Å². The summed E-state index contributed by atoms with van der Waals surface area (Å²) in [6.45, 7) is 4.05. The van der Waals surface area contributed by atoms with E-state index in [0.29, 0.717) is 19.4 Å². The van der Waals surface area contributed by atoms with Gasteiger partial charge in [-0.3, -0.25) is 0 Å². The molecule has 13 heavy (non-hydrogen) atoms. The summed E-state index contributed by atoms with van der Waals surface area (Å²) in [5.41, 5.74) is 0. The molecule has 0 aromatic heterocycles. The molecule has 1 unspecified atom stereocenters. The Hall–Kier alpha value is 0.0500. The molecule has 0 aliphatic carbocycles. The largest absolute Gasteiger partial charge is 0.462 e. The molecule has 0 saturated carbocycles. The zero-order valence-electron chi connectivity index (χ0n) is 8.17. The number of ether oxygens (including phenoxy) is 1. The number of rotatable bonds is 5. The fourth-order valence-electron chi connectivity index (χ4n) is 1.12. The van der Waals surface area contributed by atoms with Gasteiger partial charge in [0.05, 0.1) is 6.61 Å². The molecule has 0 radical (unpaired) electrons. The highest BCUT2D eigenvalue weighted by Gasteiger charge is 2.53. The molecule has 0 heterocycles. The summed E-state index contributed by atoms with van der Waals surface area (Å²) in [7, 11) is 0. The standard InChI is InChI=1S/C8H15BrO3P/c1-4-8(5-2,13(9)11)7(10)12-6-3/h4-6H2,1-3H3/q+1. The Bertz CT molecular complexity index is 202. The van der Waals surface area contributed by atoms with Gasteiger partial charge in [-0.2, -0.15) is 0 Å². The predicted octanol–water partition coefficient (Wildman–Crippen LogP) is 3.25. The van der Waals surface area contributed by atoms with E-state index in [0.717, 1.165) is 0 Å². The third kappa shape index (κ3) is 2.75. The molecule has 3 nitrogen and oxygen atoms in total. The maximum atomic E-state index is 11.5. The number of carbonyl (C=O) groups is 1. The van der Waals surface area contributed by atoms with Crippen LogP contribution in [0.25, 0.3) is 0 Å². The Morgan fingerprint density at radius 2 is 1.85 bits per heavy atom. The first-order valence-corrected chi connectivity index (χ1v) is 7.63. The van der Waals surface area contributed by atoms with Gasteiger partial charge in [0.1, 0.15) is 0 Å². The molecule has 0 N–H and O–H groups in total. The number of halogens is 1. The van der Waals surface area contributed by atoms with Crippen molar-refractivity contribution >= 4 is 28.0 Å². The average Bonchev–Trinajstić information content (AvgIpc) is 2.07. The van der Waals surface area contributed by atoms with Crippen LogP contribution in [0.5, 0.6) is 0 Å². The van der Waals surface area contributed by atoms with Crippen LogP contribution in [0.4, 0.5) is 0 Å². The van der Waals surface area contributed by atoms with Gasteiger partial charge in [-0.1, -0.05) is 18.4 Å². The lowest BCUT2D eigenvalue weighted by Crippen LogP contribution is -2.34.